The minimum absolute atomic E-state index is 0.0527. The molecule has 3 aromatic rings. The van der Waals surface area contributed by atoms with Gasteiger partial charge in [0.1, 0.15) is 5.82 Å². The summed E-state index contributed by atoms with van der Waals surface area (Å²) in [6.07, 6.45) is 0.795. The largest absolute Gasteiger partial charge is 0.493 e. The summed E-state index contributed by atoms with van der Waals surface area (Å²) >= 11 is 0. The van der Waals surface area contributed by atoms with Crippen molar-refractivity contribution in [2.45, 2.75) is 19.0 Å². The molecule has 4 rings (SSSR count). The number of benzene rings is 3. The second-order valence-corrected chi connectivity index (χ2v) is 8.28. The molecule has 0 aromatic heterocycles. The van der Waals surface area contributed by atoms with Crippen molar-refractivity contribution in [1.82, 2.24) is 9.80 Å². The van der Waals surface area contributed by atoms with Crippen molar-refractivity contribution >= 4 is 5.91 Å². The number of hydrogen-bond acceptors (Lipinski definition) is 4. The number of carbonyl (C=O) groups excluding carboxylic acids is 1. The van der Waals surface area contributed by atoms with Crippen LogP contribution in [0.1, 0.15) is 28.3 Å². The first kappa shape index (κ1) is 22.8. The predicted octanol–water partition coefficient (Wildman–Crippen LogP) is 4.45. The molecule has 172 valence electrons. The van der Waals surface area contributed by atoms with Crippen LogP contribution in [0.3, 0.4) is 0 Å². The van der Waals surface area contributed by atoms with Gasteiger partial charge in [-0.2, -0.15) is 0 Å². The Morgan fingerprint density at radius 2 is 1.70 bits per heavy atom. The first-order valence-electron chi connectivity index (χ1n) is 11.0. The molecule has 1 unspecified atom stereocenters. The summed E-state index contributed by atoms with van der Waals surface area (Å²) in [4.78, 5) is 16.9. The molecule has 0 aliphatic carbocycles. The first-order valence-corrected chi connectivity index (χ1v) is 11.0. The first-order chi connectivity index (χ1) is 16.0. The Labute approximate surface area is 194 Å². The molecule has 0 saturated heterocycles. The Bertz CT molecular complexity index is 1120. The van der Waals surface area contributed by atoms with Crippen LogP contribution >= 0.6 is 0 Å². The normalized spacial score (nSPS) is 15.6. The van der Waals surface area contributed by atoms with Crippen LogP contribution in [0.25, 0.3) is 0 Å². The second-order valence-electron chi connectivity index (χ2n) is 8.28. The van der Waals surface area contributed by atoms with E-state index in [1.54, 1.807) is 44.4 Å². The molecule has 3 aromatic carbocycles. The van der Waals surface area contributed by atoms with Crippen molar-refractivity contribution in [2.75, 3.05) is 34.4 Å². The van der Waals surface area contributed by atoms with Gasteiger partial charge in [-0.25, -0.2) is 4.39 Å². The van der Waals surface area contributed by atoms with Gasteiger partial charge < -0.3 is 14.4 Å². The zero-order valence-corrected chi connectivity index (χ0v) is 19.3. The lowest BCUT2D eigenvalue weighted by molar-refractivity contribution is -0.132. The Morgan fingerprint density at radius 1 is 1.03 bits per heavy atom. The number of carbonyl (C=O) groups is 1. The zero-order valence-electron chi connectivity index (χ0n) is 19.3. The molecule has 1 heterocycles. The quantitative estimate of drug-likeness (QED) is 0.536. The second kappa shape index (κ2) is 10.0. The Kier molecular flexibility index (Phi) is 6.94. The molecule has 0 saturated carbocycles. The van der Waals surface area contributed by atoms with Gasteiger partial charge in [-0.3, -0.25) is 9.69 Å². The van der Waals surface area contributed by atoms with Crippen LogP contribution in [0, 0.1) is 5.82 Å². The molecule has 1 atom stereocenters. The van der Waals surface area contributed by atoms with Gasteiger partial charge in [0.2, 0.25) is 5.91 Å². The lowest BCUT2D eigenvalue weighted by Gasteiger charge is -2.38. The fourth-order valence-corrected chi connectivity index (χ4v) is 4.46. The van der Waals surface area contributed by atoms with Gasteiger partial charge in [0.15, 0.2) is 11.5 Å². The number of amides is 1. The standard InChI is InChI=1S/C27H29FN2O3/c1-29(17-21-11-7-8-12-23(21)28)26(31)18-30-14-13-20-15-24(32-2)25(33-3)16-22(20)27(30)19-9-5-4-6-10-19/h4-12,15-16,27H,13-14,17-18H2,1-3H3. The number of methoxy groups -OCH3 is 2. The highest BCUT2D eigenvalue weighted by molar-refractivity contribution is 5.78. The Balaban J connectivity index is 1.62. The summed E-state index contributed by atoms with van der Waals surface area (Å²) in [7, 11) is 4.99. The molecule has 1 aliphatic rings. The van der Waals surface area contributed by atoms with Crippen molar-refractivity contribution in [3.8, 4) is 11.5 Å². The highest BCUT2D eigenvalue weighted by Gasteiger charge is 2.32. The molecule has 0 radical (unpaired) electrons. The molecule has 0 spiro atoms. The van der Waals surface area contributed by atoms with Gasteiger partial charge in [0, 0.05) is 25.7 Å². The number of hydrogen-bond donors (Lipinski definition) is 0. The molecular weight excluding hydrogens is 419 g/mol. The van der Waals surface area contributed by atoms with E-state index in [9.17, 15) is 9.18 Å². The molecule has 6 heteroatoms. The number of ether oxygens (including phenoxy) is 2. The van der Waals surface area contributed by atoms with E-state index in [2.05, 4.69) is 17.0 Å². The molecule has 0 bridgehead atoms. The maximum atomic E-state index is 14.1. The van der Waals surface area contributed by atoms with E-state index in [1.165, 1.54) is 11.6 Å². The van der Waals surface area contributed by atoms with Crippen molar-refractivity contribution in [3.63, 3.8) is 0 Å². The average molecular weight is 449 g/mol. The molecule has 33 heavy (non-hydrogen) atoms. The third-order valence-electron chi connectivity index (χ3n) is 6.22. The molecule has 0 fully saturated rings. The third kappa shape index (κ3) is 4.86. The van der Waals surface area contributed by atoms with Crippen molar-refractivity contribution < 1.29 is 18.7 Å². The van der Waals surface area contributed by atoms with E-state index in [0.717, 1.165) is 24.1 Å². The summed E-state index contributed by atoms with van der Waals surface area (Å²) in [6, 6.07) is 20.7. The Morgan fingerprint density at radius 3 is 2.39 bits per heavy atom. The fourth-order valence-electron chi connectivity index (χ4n) is 4.46. The number of fused-ring (bicyclic) bond motifs is 1. The van der Waals surface area contributed by atoms with E-state index in [1.807, 2.05) is 30.3 Å². The van der Waals surface area contributed by atoms with E-state index in [0.29, 0.717) is 17.1 Å². The monoisotopic (exact) mass is 448 g/mol. The molecule has 1 aliphatic heterocycles. The van der Waals surface area contributed by atoms with Crippen LogP contribution < -0.4 is 9.47 Å². The lowest BCUT2D eigenvalue weighted by atomic mass is 9.87. The molecular formula is C27H29FN2O3. The van der Waals surface area contributed by atoms with Crippen LogP contribution in [0.2, 0.25) is 0 Å². The Hall–Kier alpha value is -3.38. The summed E-state index contributed by atoms with van der Waals surface area (Å²) in [5.74, 6) is 1.02. The van der Waals surface area contributed by atoms with Crippen molar-refractivity contribution in [1.29, 1.82) is 0 Å². The van der Waals surface area contributed by atoms with Gasteiger partial charge in [0.25, 0.3) is 0 Å². The van der Waals surface area contributed by atoms with E-state index >= 15 is 0 Å². The van der Waals surface area contributed by atoms with E-state index in [4.69, 9.17) is 9.47 Å². The van der Waals surface area contributed by atoms with Gasteiger partial charge in [-0.05, 0) is 41.3 Å². The van der Waals surface area contributed by atoms with Gasteiger partial charge in [0.05, 0.1) is 26.8 Å². The maximum Gasteiger partial charge on any atom is 0.236 e. The van der Waals surface area contributed by atoms with E-state index in [-0.39, 0.29) is 30.9 Å². The summed E-state index contributed by atoms with van der Waals surface area (Å²) in [6.45, 7) is 1.19. The highest BCUT2D eigenvalue weighted by atomic mass is 19.1. The molecule has 0 N–H and O–H groups in total. The molecule has 1 amide bonds. The predicted molar refractivity (Wildman–Crippen MR) is 126 cm³/mol. The minimum atomic E-state index is -0.299. The van der Waals surface area contributed by atoms with Crippen LogP contribution in [-0.4, -0.2) is 50.1 Å². The fraction of sp³-hybridized carbons (Fsp3) is 0.296. The third-order valence-corrected chi connectivity index (χ3v) is 6.22. The lowest BCUT2D eigenvalue weighted by Crippen LogP contribution is -2.43. The number of likely N-dealkylation sites (N-methyl/N-ethyl adjacent to an activating group) is 1. The van der Waals surface area contributed by atoms with Crippen LogP contribution in [0.15, 0.2) is 66.7 Å². The summed E-state index contributed by atoms with van der Waals surface area (Å²) in [5, 5.41) is 0. The van der Waals surface area contributed by atoms with Crippen LogP contribution in [0.5, 0.6) is 11.5 Å². The number of nitrogens with zero attached hydrogens (tertiary/aromatic N) is 2. The van der Waals surface area contributed by atoms with Crippen LogP contribution in [-0.2, 0) is 17.8 Å². The summed E-state index contributed by atoms with van der Waals surface area (Å²) < 4.78 is 25.2. The van der Waals surface area contributed by atoms with Gasteiger partial charge >= 0.3 is 0 Å². The highest BCUT2D eigenvalue weighted by Crippen LogP contribution is 2.40. The van der Waals surface area contributed by atoms with Crippen molar-refractivity contribution in [2.24, 2.45) is 0 Å². The smallest absolute Gasteiger partial charge is 0.236 e. The summed E-state index contributed by atoms with van der Waals surface area (Å²) in [5.41, 5.74) is 3.91. The van der Waals surface area contributed by atoms with Crippen LogP contribution in [0.4, 0.5) is 4.39 Å². The zero-order chi connectivity index (χ0) is 23.4. The topological polar surface area (TPSA) is 42.0 Å². The van der Waals surface area contributed by atoms with E-state index < -0.39 is 0 Å². The van der Waals surface area contributed by atoms with Crippen molar-refractivity contribution in [3.05, 3.63) is 94.8 Å². The number of rotatable bonds is 7. The maximum absolute atomic E-state index is 14.1. The SMILES string of the molecule is COc1cc2c(cc1OC)C(c1ccccc1)N(CC(=O)N(C)Cc1ccccc1F)CC2. The minimum Gasteiger partial charge on any atom is -0.493 e. The number of halogens is 1. The van der Waals surface area contributed by atoms with Gasteiger partial charge in [-0.15, -0.1) is 0 Å². The average Bonchev–Trinajstić information content (AvgIpc) is 2.84. The molecule has 5 nitrogen and oxygen atoms in total. The van der Waals surface area contributed by atoms with Gasteiger partial charge in [-0.1, -0.05) is 48.5 Å².